The van der Waals surface area contributed by atoms with Crippen LogP contribution < -0.4 is 5.32 Å². The molecule has 0 aromatic carbocycles. The zero-order valence-electron chi connectivity index (χ0n) is 6.28. The summed E-state index contributed by atoms with van der Waals surface area (Å²) >= 11 is 0. The molecule has 0 saturated heterocycles. The molecule has 1 heteroatoms. The lowest BCUT2D eigenvalue weighted by atomic mass is 10.3. The highest BCUT2D eigenvalue weighted by Crippen LogP contribution is 1.84. The van der Waals surface area contributed by atoms with Crippen LogP contribution in [0.1, 0.15) is 26.7 Å². The van der Waals surface area contributed by atoms with Gasteiger partial charge in [0.05, 0.1) is 0 Å². The normalized spacial score (nSPS) is 9.56. The van der Waals surface area contributed by atoms with Crippen molar-refractivity contribution >= 4 is 0 Å². The molecule has 0 aliphatic heterocycles. The van der Waals surface area contributed by atoms with Crippen molar-refractivity contribution in [2.45, 2.75) is 32.7 Å². The summed E-state index contributed by atoms with van der Waals surface area (Å²) in [5.74, 6) is 2.60. The van der Waals surface area contributed by atoms with E-state index >= 15 is 0 Å². The lowest BCUT2D eigenvalue weighted by molar-refractivity contribution is 0.575. The molecular formula is C8H15N. The summed E-state index contributed by atoms with van der Waals surface area (Å²) in [6.45, 7) is 5.31. The molecule has 0 amide bonds. The van der Waals surface area contributed by atoms with Crippen LogP contribution in [0, 0.1) is 12.3 Å². The van der Waals surface area contributed by atoms with Crippen LogP contribution in [-0.4, -0.2) is 12.6 Å². The Hall–Kier alpha value is -0.480. The molecule has 0 spiro atoms. The highest BCUT2D eigenvalue weighted by atomic mass is 14.9. The molecule has 52 valence electrons. The lowest BCUT2D eigenvalue weighted by Crippen LogP contribution is -2.23. The highest BCUT2D eigenvalue weighted by molar-refractivity contribution is 4.83. The standard InChI is InChI=1S/C8H15N/c1-4-5-6-7-9-8(2)3/h1,8-9H,5-7H2,2-3H3. The molecule has 0 unspecified atom stereocenters. The first-order valence-corrected chi connectivity index (χ1v) is 3.44. The average Bonchev–Trinajstić information content (AvgIpc) is 1.80. The Morgan fingerprint density at radius 3 is 2.67 bits per heavy atom. The Kier molecular flexibility index (Phi) is 5.35. The molecule has 9 heavy (non-hydrogen) atoms. The van der Waals surface area contributed by atoms with E-state index in [1.54, 1.807) is 0 Å². The van der Waals surface area contributed by atoms with Crippen LogP contribution in [0.25, 0.3) is 0 Å². The smallest absolute Gasteiger partial charge is 0.00981 e. The monoisotopic (exact) mass is 125 g/mol. The Bertz CT molecular complexity index is 89.2. The Morgan fingerprint density at radius 2 is 2.22 bits per heavy atom. The molecule has 0 atom stereocenters. The van der Waals surface area contributed by atoms with E-state index in [0.29, 0.717) is 6.04 Å². The van der Waals surface area contributed by atoms with Gasteiger partial charge in [-0.1, -0.05) is 13.8 Å². The molecule has 1 N–H and O–H groups in total. The van der Waals surface area contributed by atoms with Gasteiger partial charge in [0.2, 0.25) is 0 Å². The van der Waals surface area contributed by atoms with E-state index < -0.39 is 0 Å². The second kappa shape index (κ2) is 5.65. The van der Waals surface area contributed by atoms with Gasteiger partial charge < -0.3 is 5.32 Å². The second-order valence-corrected chi connectivity index (χ2v) is 2.42. The van der Waals surface area contributed by atoms with Crippen LogP contribution >= 0.6 is 0 Å². The van der Waals surface area contributed by atoms with Gasteiger partial charge in [0.15, 0.2) is 0 Å². The molecule has 0 fully saturated rings. The number of unbranched alkanes of at least 4 members (excludes halogenated alkanes) is 1. The third-order valence-electron chi connectivity index (χ3n) is 1.05. The number of nitrogens with one attached hydrogen (secondary N) is 1. The largest absolute Gasteiger partial charge is 0.314 e. The van der Waals surface area contributed by atoms with Crippen molar-refractivity contribution in [1.82, 2.24) is 5.32 Å². The minimum Gasteiger partial charge on any atom is -0.314 e. The maximum absolute atomic E-state index is 5.07. The Morgan fingerprint density at radius 1 is 1.56 bits per heavy atom. The number of rotatable bonds is 4. The van der Waals surface area contributed by atoms with Crippen LogP contribution in [0.15, 0.2) is 0 Å². The summed E-state index contributed by atoms with van der Waals surface area (Å²) in [5, 5.41) is 3.28. The molecule has 0 aromatic rings. The quantitative estimate of drug-likeness (QED) is 0.442. The van der Waals surface area contributed by atoms with Gasteiger partial charge >= 0.3 is 0 Å². The topological polar surface area (TPSA) is 12.0 Å². The first-order valence-electron chi connectivity index (χ1n) is 3.44. The Balaban J connectivity index is 2.85. The fourth-order valence-electron chi connectivity index (χ4n) is 0.581. The van der Waals surface area contributed by atoms with Gasteiger partial charge in [-0.05, 0) is 13.0 Å². The maximum atomic E-state index is 5.07. The number of terminal acetylenes is 1. The lowest BCUT2D eigenvalue weighted by Gasteiger charge is -2.04. The summed E-state index contributed by atoms with van der Waals surface area (Å²) in [6, 6.07) is 0.586. The minimum absolute atomic E-state index is 0.586. The first kappa shape index (κ1) is 8.52. The summed E-state index contributed by atoms with van der Waals surface area (Å²) in [7, 11) is 0. The fraction of sp³-hybridized carbons (Fsp3) is 0.750. The predicted molar refractivity (Wildman–Crippen MR) is 41.2 cm³/mol. The summed E-state index contributed by atoms with van der Waals surface area (Å²) < 4.78 is 0. The second-order valence-electron chi connectivity index (χ2n) is 2.42. The third-order valence-corrected chi connectivity index (χ3v) is 1.05. The third kappa shape index (κ3) is 7.52. The predicted octanol–water partition coefficient (Wildman–Crippen LogP) is 1.40. The van der Waals surface area contributed by atoms with Gasteiger partial charge in [0, 0.05) is 12.5 Å². The molecule has 0 radical (unpaired) electrons. The number of hydrogen-bond acceptors (Lipinski definition) is 1. The van der Waals surface area contributed by atoms with Gasteiger partial charge in [-0.3, -0.25) is 0 Å². The van der Waals surface area contributed by atoms with Crippen molar-refractivity contribution in [1.29, 1.82) is 0 Å². The van der Waals surface area contributed by atoms with Crippen molar-refractivity contribution in [2.24, 2.45) is 0 Å². The molecule has 0 heterocycles. The fourth-order valence-corrected chi connectivity index (χ4v) is 0.581. The van der Waals surface area contributed by atoms with E-state index in [0.717, 1.165) is 19.4 Å². The van der Waals surface area contributed by atoms with Crippen LogP contribution in [-0.2, 0) is 0 Å². The minimum atomic E-state index is 0.586. The van der Waals surface area contributed by atoms with Crippen LogP contribution in [0.5, 0.6) is 0 Å². The number of hydrogen-bond donors (Lipinski definition) is 1. The van der Waals surface area contributed by atoms with Gasteiger partial charge in [0.25, 0.3) is 0 Å². The average molecular weight is 125 g/mol. The first-order chi connectivity index (χ1) is 4.27. The van der Waals surface area contributed by atoms with E-state index in [2.05, 4.69) is 25.1 Å². The molecule has 1 nitrogen and oxygen atoms in total. The summed E-state index contributed by atoms with van der Waals surface area (Å²) in [5.41, 5.74) is 0. The van der Waals surface area contributed by atoms with Crippen LogP contribution in [0.2, 0.25) is 0 Å². The van der Waals surface area contributed by atoms with Crippen LogP contribution in [0.4, 0.5) is 0 Å². The summed E-state index contributed by atoms with van der Waals surface area (Å²) in [6.07, 6.45) is 7.05. The molecule has 0 aliphatic carbocycles. The Labute approximate surface area is 57.8 Å². The molecule has 0 saturated carbocycles. The molecular weight excluding hydrogens is 110 g/mol. The van der Waals surface area contributed by atoms with E-state index in [-0.39, 0.29) is 0 Å². The highest BCUT2D eigenvalue weighted by Gasteiger charge is 1.88. The van der Waals surface area contributed by atoms with Gasteiger partial charge in [-0.2, -0.15) is 0 Å². The summed E-state index contributed by atoms with van der Waals surface area (Å²) in [4.78, 5) is 0. The zero-order chi connectivity index (χ0) is 7.11. The van der Waals surface area contributed by atoms with E-state index in [4.69, 9.17) is 6.42 Å². The van der Waals surface area contributed by atoms with Crippen molar-refractivity contribution in [3.05, 3.63) is 0 Å². The van der Waals surface area contributed by atoms with Crippen LogP contribution in [0.3, 0.4) is 0 Å². The molecule has 0 aromatic heterocycles. The maximum Gasteiger partial charge on any atom is 0.00981 e. The van der Waals surface area contributed by atoms with E-state index in [1.165, 1.54) is 0 Å². The van der Waals surface area contributed by atoms with Gasteiger partial charge in [0.1, 0.15) is 0 Å². The molecule has 0 bridgehead atoms. The zero-order valence-corrected chi connectivity index (χ0v) is 6.28. The van der Waals surface area contributed by atoms with Crippen molar-refractivity contribution < 1.29 is 0 Å². The SMILES string of the molecule is C#CCCCNC(C)C. The van der Waals surface area contributed by atoms with Crippen molar-refractivity contribution in [3.8, 4) is 12.3 Å². The van der Waals surface area contributed by atoms with E-state index in [9.17, 15) is 0 Å². The molecule has 0 aliphatic rings. The van der Waals surface area contributed by atoms with E-state index in [1.807, 2.05) is 0 Å². The van der Waals surface area contributed by atoms with Crippen molar-refractivity contribution in [2.75, 3.05) is 6.54 Å². The van der Waals surface area contributed by atoms with Gasteiger partial charge in [-0.25, -0.2) is 0 Å². The van der Waals surface area contributed by atoms with Crippen molar-refractivity contribution in [3.63, 3.8) is 0 Å². The van der Waals surface area contributed by atoms with Gasteiger partial charge in [-0.15, -0.1) is 12.3 Å². The molecule has 0 rings (SSSR count).